The first-order valence-electron chi connectivity index (χ1n) is 6.31. The van der Waals surface area contributed by atoms with Crippen molar-refractivity contribution in [2.24, 2.45) is 0 Å². The topological polar surface area (TPSA) is 75.3 Å². The molecule has 2 aromatic carbocycles. The van der Waals surface area contributed by atoms with Gasteiger partial charge in [-0.25, -0.2) is 4.79 Å². The Morgan fingerprint density at radius 3 is 2.85 bits per heavy atom. The third-order valence-corrected chi connectivity index (χ3v) is 3.25. The van der Waals surface area contributed by atoms with E-state index in [-0.39, 0.29) is 0 Å². The van der Waals surface area contributed by atoms with Crippen molar-refractivity contribution in [1.82, 2.24) is 4.98 Å². The summed E-state index contributed by atoms with van der Waals surface area (Å²) in [6, 6.07) is 13.4. The predicted molar refractivity (Wildman–Crippen MR) is 79.8 cm³/mol. The Hall–Kier alpha value is -2.69. The van der Waals surface area contributed by atoms with E-state index in [1.54, 1.807) is 6.07 Å². The number of nitrogens with two attached hydrogens (primary N) is 1. The fraction of sp³-hybridized carbons (Fsp3) is 0.133. The minimum atomic E-state index is -0.433. The highest BCUT2D eigenvalue weighted by molar-refractivity contribution is 5.73. The van der Waals surface area contributed by atoms with Gasteiger partial charge >= 0.3 is 5.76 Å². The molecule has 0 aliphatic carbocycles. The number of aromatic nitrogens is 1. The maximum absolute atomic E-state index is 11.1. The second-order valence-electron chi connectivity index (χ2n) is 4.76. The van der Waals surface area contributed by atoms with Gasteiger partial charge in [0.2, 0.25) is 0 Å². The largest absolute Gasteiger partial charge is 0.417 e. The molecular weight excluding hydrogens is 254 g/mol. The summed E-state index contributed by atoms with van der Waals surface area (Å²) in [5.74, 6) is -0.433. The molecule has 0 saturated carbocycles. The van der Waals surface area contributed by atoms with Crippen LogP contribution in [0.3, 0.4) is 0 Å². The van der Waals surface area contributed by atoms with Gasteiger partial charge in [0.05, 0.1) is 16.9 Å². The first-order chi connectivity index (χ1) is 9.63. The Labute approximate surface area is 115 Å². The molecule has 20 heavy (non-hydrogen) atoms. The molecule has 0 atom stereocenters. The number of H-pyrrole nitrogens is 1. The zero-order valence-electron chi connectivity index (χ0n) is 11.1. The van der Waals surface area contributed by atoms with Crippen molar-refractivity contribution in [3.05, 3.63) is 58.6 Å². The molecule has 0 aliphatic rings. The number of nitrogens with one attached hydrogen (secondary N) is 1. The van der Waals surface area contributed by atoms with Crippen molar-refractivity contribution in [3.63, 3.8) is 0 Å². The van der Waals surface area contributed by atoms with Gasteiger partial charge in [0.1, 0.15) is 0 Å². The van der Waals surface area contributed by atoms with Crippen LogP contribution >= 0.6 is 0 Å². The molecule has 5 heteroatoms. The van der Waals surface area contributed by atoms with Crippen LogP contribution in [0.1, 0.15) is 5.56 Å². The lowest BCUT2D eigenvalue weighted by atomic mass is 10.1. The minimum absolute atomic E-state index is 0.433. The molecule has 0 spiro atoms. The van der Waals surface area contributed by atoms with E-state index in [9.17, 15) is 4.79 Å². The molecule has 0 aliphatic heterocycles. The molecule has 0 saturated heterocycles. The highest BCUT2D eigenvalue weighted by atomic mass is 16.4. The summed E-state index contributed by atoms with van der Waals surface area (Å²) in [4.78, 5) is 15.9. The van der Waals surface area contributed by atoms with E-state index in [4.69, 9.17) is 10.2 Å². The van der Waals surface area contributed by atoms with Crippen LogP contribution in [-0.4, -0.2) is 12.0 Å². The summed E-state index contributed by atoms with van der Waals surface area (Å²) in [7, 11) is 1.98. The molecule has 0 radical (unpaired) electrons. The van der Waals surface area contributed by atoms with Gasteiger partial charge in [-0.1, -0.05) is 18.2 Å². The predicted octanol–water partition coefficient (Wildman–Crippen LogP) is 2.34. The van der Waals surface area contributed by atoms with Crippen molar-refractivity contribution in [2.75, 3.05) is 17.7 Å². The monoisotopic (exact) mass is 269 g/mol. The first kappa shape index (κ1) is 12.3. The number of nitrogens with zero attached hydrogens (tertiary/aromatic N) is 1. The van der Waals surface area contributed by atoms with Crippen LogP contribution in [0.5, 0.6) is 0 Å². The molecule has 1 aromatic heterocycles. The molecule has 102 valence electrons. The minimum Gasteiger partial charge on any atom is -0.408 e. The fourth-order valence-electron chi connectivity index (χ4n) is 2.29. The van der Waals surface area contributed by atoms with E-state index < -0.39 is 5.76 Å². The number of oxazole rings is 1. The molecule has 1 heterocycles. The average molecular weight is 269 g/mol. The highest BCUT2D eigenvalue weighted by Gasteiger charge is 2.07. The van der Waals surface area contributed by atoms with Gasteiger partial charge in [-0.15, -0.1) is 0 Å². The van der Waals surface area contributed by atoms with Gasteiger partial charge in [0.15, 0.2) is 5.58 Å². The quantitative estimate of drug-likeness (QED) is 0.716. The number of hydrogen-bond acceptors (Lipinski definition) is 4. The SMILES string of the molecule is CN(Cc1ccc2oc(=O)[nH]c2c1)c1ccccc1N. The highest BCUT2D eigenvalue weighted by Crippen LogP contribution is 2.23. The lowest BCUT2D eigenvalue weighted by Gasteiger charge is -2.21. The van der Waals surface area contributed by atoms with Crippen molar-refractivity contribution >= 4 is 22.5 Å². The zero-order valence-corrected chi connectivity index (χ0v) is 11.1. The third kappa shape index (κ3) is 2.25. The number of benzene rings is 2. The molecule has 0 fully saturated rings. The van der Waals surface area contributed by atoms with Crippen molar-refractivity contribution in [1.29, 1.82) is 0 Å². The molecule has 0 bridgehead atoms. The Morgan fingerprint density at radius 1 is 1.25 bits per heavy atom. The van der Waals surface area contributed by atoms with E-state index >= 15 is 0 Å². The molecular formula is C15H15N3O2. The Balaban J connectivity index is 1.89. The maximum Gasteiger partial charge on any atom is 0.417 e. The lowest BCUT2D eigenvalue weighted by Crippen LogP contribution is -2.17. The van der Waals surface area contributed by atoms with Gasteiger partial charge in [0.25, 0.3) is 0 Å². The van der Waals surface area contributed by atoms with Crippen molar-refractivity contribution < 1.29 is 4.42 Å². The number of anilines is 2. The number of fused-ring (bicyclic) bond motifs is 1. The second kappa shape index (κ2) is 4.77. The average Bonchev–Trinajstić information content (AvgIpc) is 2.78. The van der Waals surface area contributed by atoms with Gasteiger partial charge in [-0.2, -0.15) is 0 Å². The first-order valence-corrected chi connectivity index (χ1v) is 6.31. The van der Waals surface area contributed by atoms with Crippen LogP contribution in [-0.2, 0) is 6.54 Å². The van der Waals surface area contributed by atoms with Crippen LogP contribution in [0.2, 0.25) is 0 Å². The summed E-state index contributed by atoms with van der Waals surface area (Å²) in [6.45, 7) is 0.692. The van der Waals surface area contributed by atoms with Crippen LogP contribution < -0.4 is 16.4 Å². The summed E-state index contributed by atoms with van der Waals surface area (Å²) in [5.41, 5.74) is 10.0. The zero-order chi connectivity index (χ0) is 14.1. The molecule has 3 aromatic rings. The maximum atomic E-state index is 11.1. The number of para-hydroxylation sites is 2. The summed E-state index contributed by atoms with van der Waals surface area (Å²) >= 11 is 0. The molecule has 5 nitrogen and oxygen atoms in total. The number of nitrogen functional groups attached to an aromatic ring is 1. The number of hydrogen-bond donors (Lipinski definition) is 2. The van der Waals surface area contributed by atoms with E-state index in [1.807, 2.05) is 43.4 Å². The van der Waals surface area contributed by atoms with Crippen molar-refractivity contribution in [3.8, 4) is 0 Å². The molecule has 0 amide bonds. The van der Waals surface area contributed by atoms with Crippen molar-refractivity contribution in [2.45, 2.75) is 6.54 Å². The molecule has 3 N–H and O–H groups in total. The second-order valence-corrected chi connectivity index (χ2v) is 4.76. The van der Waals surface area contributed by atoms with Crippen LogP contribution in [0, 0.1) is 0 Å². The lowest BCUT2D eigenvalue weighted by molar-refractivity contribution is 0.555. The van der Waals surface area contributed by atoms with Crippen LogP contribution in [0.15, 0.2) is 51.7 Å². The summed E-state index contributed by atoms with van der Waals surface area (Å²) < 4.78 is 4.99. The Morgan fingerprint density at radius 2 is 2.05 bits per heavy atom. The summed E-state index contributed by atoms with van der Waals surface area (Å²) in [5, 5.41) is 0. The van der Waals surface area contributed by atoms with E-state index in [0.717, 1.165) is 16.9 Å². The third-order valence-electron chi connectivity index (χ3n) is 3.25. The standard InChI is InChI=1S/C15H15N3O2/c1-18(13-5-3-2-4-11(13)16)9-10-6-7-14-12(8-10)17-15(19)20-14/h2-8H,9,16H2,1H3,(H,17,19). The normalized spacial score (nSPS) is 10.8. The van der Waals surface area contributed by atoms with E-state index in [2.05, 4.69) is 9.88 Å². The van der Waals surface area contributed by atoms with Gasteiger partial charge in [0, 0.05) is 13.6 Å². The van der Waals surface area contributed by atoms with Gasteiger partial charge in [-0.3, -0.25) is 4.98 Å². The van der Waals surface area contributed by atoms with Gasteiger partial charge in [-0.05, 0) is 29.8 Å². The summed E-state index contributed by atoms with van der Waals surface area (Å²) in [6.07, 6.45) is 0. The van der Waals surface area contributed by atoms with E-state index in [0.29, 0.717) is 17.6 Å². The van der Waals surface area contributed by atoms with E-state index in [1.165, 1.54) is 0 Å². The Bertz CT molecular complexity index is 804. The van der Waals surface area contributed by atoms with Gasteiger partial charge < -0.3 is 15.1 Å². The smallest absolute Gasteiger partial charge is 0.408 e. The Kier molecular flexibility index (Phi) is 2.95. The number of aromatic amines is 1. The van der Waals surface area contributed by atoms with Crippen LogP contribution in [0.25, 0.3) is 11.1 Å². The number of rotatable bonds is 3. The fourth-order valence-corrected chi connectivity index (χ4v) is 2.29. The van der Waals surface area contributed by atoms with Crippen LogP contribution in [0.4, 0.5) is 11.4 Å². The molecule has 3 rings (SSSR count). The molecule has 0 unspecified atom stereocenters.